The largest absolute Gasteiger partial charge is 0.486 e. The van der Waals surface area contributed by atoms with Crippen LogP contribution in [0.2, 0.25) is 0 Å². The Morgan fingerprint density at radius 3 is 3.07 bits per heavy atom. The van der Waals surface area contributed by atoms with Crippen molar-refractivity contribution in [3.63, 3.8) is 0 Å². The lowest BCUT2D eigenvalue weighted by molar-refractivity contribution is -0.131. The van der Waals surface area contributed by atoms with Crippen molar-refractivity contribution in [2.45, 2.75) is 25.3 Å². The summed E-state index contributed by atoms with van der Waals surface area (Å²) in [5.41, 5.74) is 1.83. The average molecular weight is 398 g/mol. The maximum atomic E-state index is 12.8. The van der Waals surface area contributed by atoms with Crippen molar-refractivity contribution in [2.24, 2.45) is 0 Å². The van der Waals surface area contributed by atoms with Gasteiger partial charge < -0.3 is 19.7 Å². The number of likely N-dealkylation sites (tertiary alicyclic amines) is 1. The first-order valence-electron chi connectivity index (χ1n) is 9.60. The van der Waals surface area contributed by atoms with Crippen molar-refractivity contribution >= 4 is 27.9 Å². The fourth-order valence-electron chi connectivity index (χ4n) is 3.82. The highest BCUT2D eigenvalue weighted by atomic mass is 32.1. The Kier molecular flexibility index (Phi) is 4.56. The van der Waals surface area contributed by atoms with Crippen LogP contribution >= 0.6 is 11.3 Å². The van der Waals surface area contributed by atoms with Gasteiger partial charge in [0.1, 0.15) is 13.2 Å². The molecule has 2 aliphatic heterocycles. The number of carbonyl (C=O) groups excluding carboxylic acids is 1. The zero-order valence-electron chi connectivity index (χ0n) is 15.5. The minimum absolute atomic E-state index is 0.138. The second-order valence-electron chi connectivity index (χ2n) is 7.18. The van der Waals surface area contributed by atoms with Gasteiger partial charge in [-0.15, -0.1) is 11.3 Å². The summed E-state index contributed by atoms with van der Waals surface area (Å²) in [5.74, 6) is 1.70. The van der Waals surface area contributed by atoms with Crippen LogP contribution in [0.15, 0.2) is 36.0 Å². The summed E-state index contributed by atoms with van der Waals surface area (Å²) in [4.78, 5) is 20.2. The molecule has 1 aromatic carbocycles. The third-order valence-electron chi connectivity index (χ3n) is 5.16. The molecule has 8 heteroatoms. The third-order valence-corrected chi connectivity index (χ3v) is 5.93. The molecule has 146 valence electrons. The summed E-state index contributed by atoms with van der Waals surface area (Å²) in [6, 6.07) is 6.15. The molecule has 2 aliphatic rings. The molecule has 7 nitrogen and oxygen atoms in total. The monoisotopic (exact) mass is 398 g/mol. The number of aromatic nitrogens is 2. The van der Waals surface area contributed by atoms with Crippen molar-refractivity contribution in [3.8, 4) is 11.5 Å². The zero-order valence-corrected chi connectivity index (χ0v) is 16.3. The van der Waals surface area contributed by atoms with Crippen molar-refractivity contribution < 1.29 is 14.3 Å². The number of rotatable bonds is 4. The van der Waals surface area contributed by atoms with Crippen LogP contribution in [-0.4, -0.2) is 52.5 Å². The number of benzene rings is 1. The van der Waals surface area contributed by atoms with E-state index in [2.05, 4.69) is 10.3 Å². The van der Waals surface area contributed by atoms with Gasteiger partial charge in [-0.3, -0.25) is 9.20 Å². The molecule has 0 bridgehead atoms. The summed E-state index contributed by atoms with van der Waals surface area (Å²) in [6.07, 6.45) is 6.30. The Balaban J connectivity index is 1.22. The number of amides is 1. The minimum Gasteiger partial charge on any atom is -0.486 e. The molecular weight excluding hydrogens is 376 g/mol. The SMILES string of the molecule is O=C(Cc1cn2ccsc2n1)N1CCCC(Nc2ccc3c(c2)OCCO3)C1. The summed E-state index contributed by atoms with van der Waals surface area (Å²) < 4.78 is 13.2. The van der Waals surface area contributed by atoms with Gasteiger partial charge in [0.2, 0.25) is 5.91 Å². The normalized spacial score (nSPS) is 19.0. The van der Waals surface area contributed by atoms with Gasteiger partial charge in [-0.25, -0.2) is 4.98 Å². The number of ether oxygens (including phenoxy) is 2. The van der Waals surface area contributed by atoms with Crippen LogP contribution in [0.3, 0.4) is 0 Å². The van der Waals surface area contributed by atoms with E-state index in [-0.39, 0.29) is 11.9 Å². The first-order valence-corrected chi connectivity index (χ1v) is 10.5. The fraction of sp³-hybridized carbons (Fsp3) is 0.400. The van der Waals surface area contributed by atoms with E-state index in [1.807, 2.05) is 45.3 Å². The van der Waals surface area contributed by atoms with E-state index in [9.17, 15) is 4.79 Å². The molecule has 3 aromatic rings. The number of fused-ring (bicyclic) bond motifs is 2. The molecule has 1 N–H and O–H groups in total. The predicted octanol–water partition coefficient (Wildman–Crippen LogP) is 2.81. The maximum Gasteiger partial charge on any atom is 0.228 e. The topological polar surface area (TPSA) is 68.1 Å². The number of hydrogen-bond donors (Lipinski definition) is 1. The highest BCUT2D eigenvalue weighted by Crippen LogP contribution is 2.33. The second-order valence-corrected chi connectivity index (χ2v) is 8.06. The van der Waals surface area contributed by atoms with Gasteiger partial charge in [0.15, 0.2) is 16.5 Å². The Morgan fingerprint density at radius 1 is 1.29 bits per heavy atom. The van der Waals surface area contributed by atoms with E-state index in [0.717, 1.165) is 47.2 Å². The predicted molar refractivity (Wildman–Crippen MR) is 107 cm³/mol. The highest BCUT2D eigenvalue weighted by molar-refractivity contribution is 7.15. The van der Waals surface area contributed by atoms with Crippen molar-refractivity contribution in [1.29, 1.82) is 0 Å². The molecule has 4 heterocycles. The lowest BCUT2D eigenvalue weighted by Gasteiger charge is -2.34. The molecule has 0 aliphatic carbocycles. The number of nitrogens with zero attached hydrogens (tertiary/aromatic N) is 3. The van der Waals surface area contributed by atoms with E-state index < -0.39 is 0 Å². The Morgan fingerprint density at radius 2 is 2.18 bits per heavy atom. The van der Waals surface area contributed by atoms with Crippen molar-refractivity contribution in [1.82, 2.24) is 14.3 Å². The van der Waals surface area contributed by atoms with E-state index in [0.29, 0.717) is 26.2 Å². The minimum atomic E-state index is 0.138. The fourth-order valence-corrected chi connectivity index (χ4v) is 4.54. The first-order chi connectivity index (χ1) is 13.7. The number of nitrogens with one attached hydrogen (secondary N) is 1. The summed E-state index contributed by atoms with van der Waals surface area (Å²) in [6.45, 7) is 2.68. The van der Waals surface area contributed by atoms with Crippen LogP contribution in [0, 0.1) is 0 Å². The first kappa shape index (κ1) is 17.4. The molecule has 2 aromatic heterocycles. The van der Waals surface area contributed by atoms with Crippen molar-refractivity contribution in [3.05, 3.63) is 41.7 Å². The molecule has 1 saturated heterocycles. The number of piperidine rings is 1. The molecule has 0 radical (unpaired) electrons. The second kappa shape index (κ2) is 7.35. The van der Waals surface area contributed by atoms with Gasteiger partial charge in [-0.05, 0) is 25.0 Å². The van der Waals surface area contributed by atoms with Crippen LogP contribution < -0.4 is 14.8 Å². The van der Waals surface area contributed by atoms with Gasteiger partial charge >= 0.3 is 0 Å². The maximum absolute atomic E-state index is 12.8. The van der Waals surface area contributed by atoms with Crippen LogP contribution in [0.4, 0.5) is 5.69 Å². The van der Waals surface area contributed by atoms with Gasteiger partial charge in [0, 0.05) is 48.7 Å². The Hall–Kier alpha value is -2.74. The zero-order chi connectivity index (χ0) is 18.9. The molecule has 5 rings (SSSR count). The van der Waals surface area contributed by atoms with Gasteiger partial charge in [-0.2, -0.15) is 0 Å². The van der Waals surface area contributed by atoms with Crippen LogP contribution in [0.1, 0.15) is 18.5 Å². The molecular formula is C20H22N4O3S. The van der Waals surface area contributed by atoms with Crippen LogP contribution in [0.25, 0.3) is 4.96 Å². The molecule has 1 amide bonds. The third kappa shape index (κ3) is 3.52. The summed E-state index contributed by atoms with van der Waals surface area (Å²) >= 11 is 1.58. The van der Waals surface area contributed by atoms with Crippen LogP contribution in [0.5, 0.6) is 11.5 Å². The summed E-state index contributed by atoms with van der Waals surface area (Å²) in [7, 11) is 0. The molecule has 28 heavy (non-hydrogen) atoms. The lowest BCUT2D eigenvalue weighted by atomic mass is 10.0. The van der Waals surface area contributed by atoms with Gasteiger partial charge in [0.25, 0.3) is 0 Å². The molecule has 1 atom stereocenters. The molecule has 1 unspecified atom stereocenters. The van der Waals surface area contributed by atoms with Crippen LogP contribution in [-0.2, 0) is 11.2 Å². The molecule has 0 saturated carbocycles. The highest BCUT2D eigenvalue weighted by Gasteiger charge is 2.24. The number of hydrogen-bond acceptors (Lipinski definition) is 6. The van der Waals surface area contributed by atoms with E-state index in [4.69, 9.17) is 9.47 Å². The number of anilines is 1. The Labute approximate surface area is 166 Å². The van der Waals surface area contributed by atoms with Gasteiger partial charge in [0.05, 0.1) is 12.1 Å². The lowest BCUT2D eigenvalue weighted by Crippen LogP contribution is -2.45. The quantitative estimate of drug-likeness (QED) is 0.732. The van der Waals surface area contributed by atoms with E-state index in [1.165, 1.54) is 0 Å². The number of carbonyl (C=O) groups is 1. The number of thiazole rings is 1. The number of imidazole rings is 1. The average Bonchev–Trinajstić information content (AvgIpc) is 3.30. The van der Waals surface area contributed by atoms with Gasteiger partial charge in [-0.1, -0.05) is 0 Å². The Bertz CT molecular complexity index is 970. The van der Waals surface area contributed by atoms with Crippen molar-refractivity contribution in [2.75, 3.05) is 31.6 Å². The standard InChI is InChI=1S/C20H22N4O3S/c25-19(11-16-13-24-6-9-28-20(24)22-16)23-5-1-2-15(12-23)21-14-3-4-17-18(10-14)27-8-7-26-17/h3-4,6,9-10,13,15,21H,1-2,5,7-8,11-12H2. The molecule has 0 spiro atoms. The summed E-state index contributed by atoms with van der Waals surface area (Å²) in [5, 5.41) is 5.54. The molecule has 1 fully saturated rings. The van der Waals surface area contributed by atoms with E-state index in [1.54, 1.807) is 11.3 Å². The van der Waals surface area contributed by atoms with E-state index >= 15 is 0 Å². The smallest absolute Gasteiger partial charge is 0.228 e.